The Morgan fingerprint density at radius 1 is 0.848 bits per heavy atom. The molecule has 0 N–H and O–H groups in total. The van der Waals surface area contributed by atoms with Crippen LogP contribution in [0.4, 0.5) is 0 Å². The summed E-state index contributed by atoms with van der Waals surface area (Å²) in [4.78, 5) is 26.4. The third-order valence-electron chi connectivity index (χ3n) is 5.63. The molecule has 2 aromatic carbocycles. The van der Waals surface area contributed by atoms with Gasteiger partial charge in [-0.15, -0.1) is 10.2 Å². The molecule has 0 saturated carbocycles. The van der Waals surface area contributed by atoms with Crippen molar-refractivity contribution in [3.8, 4) is 17.1 Å². The van der Waals surface area contributed by atoms with Gasteiger partial charge >= 0.3 is 0 Å². The third-order valence-corrected chi connectivity index (χ3v) is 6.65. The number of para-hydroxylation sites is 1. The number of rotatable bonds is 8. The van der Waals surface area contributed by atoms with Gasteiger partial charge in [0.1, 0.15) is 5.76 Å². The summed E-state index contributed by atoms with van der Waals surface area (Å²) in [6.45, 7) is 2.32. The number of unbranched alkanes of at least 4 members (excludes halogenated alkanes) is 1. The Labute approximate surface area is 195 Å². The molecule has 0 aliphatic carbocycles. The highest BCUT2D eigenvalue weighted by atomic mass is 32.2. The van der Waals surface area contributed by atoms with Crippen LogP contribution in [0.5, 0.6) is 0 Å². The van der Waals surface area contributed by atoms with Gasteiger partial charge in [0, 0.05) is 18.0 Å². The number of aryl methyl sites for hydroxylation is 1. The number of nitrogens with zero attached hydrogens (tertiary/aromatic N) is 4. The molecule has 166 valence electrons. The van der Waals surface area contributed by atoms with Crippen molar-refractivity contribution >= 4 is 23.6 Å². The number of amides is 2. The first-order valence-corrected chi connectivity index (χ1v) is 11.8. The fraction of sp³-hybridized carbons (Fsp3) is 0.200. The molecule has 1 aliphatic rings. The molecule has 0 bridgehead atoms. The van der Waals surface area contributed by atoms with Gasteiger partial charge in [0.25, 0.3) is 11.8 Å². The zero-order chi connectivity index (χ0) is 22.8. The van der Waals surface area contributed by atoms with Crippen LogP contribution in [-0.4, -0.2) is 43.8 Å². The van der Waals surface area contributed by atoms with Crippen LogP contribution in [0.25, 0.3) is 17.1 Å². The van der Waals surface area contributed by atoms with Crippen LogP contribution < -0.4 is 0 Å². The second kappa shape index (κ2) is 9.07. The number of carbonyl (C=O) groups is 2. The number of benzene rings is 2. The molecule has 3 heterocycles. The van der Waals surface area contributed by atoms with Crippen molar-refractivity contribution < 1.29 is 14.0 Å². The zero-order valence-corrected chi connectivity index (χ0v) is 18.9. The maximum atomic E-state index is 12.5. The molecule has 4 aromatic rings. The summed E-state index contributed by atoms with van der Waals surface area (Å²) in [5.41, 5.74) is 2.88. The van der Waals surface area contributed by atoms with Gasteiger partial charge in [-0.3, -0.25) is 19.1 Å². The summed E-state index contributed by atoms with van der Waals surface area (Å²) in [5.74, 6) is 1.91. The molecule has 1 aliphatic heterocycles. The summed E-state index contributed by atoms with van der Waals surface area (Å²) in [6.07, 6.45) is 3.21. The summed E-state index contributed by atoms with van der Waals surface area (Å²) in [7, 11) is 0. The first-order chi connectivity index (χ1) is 16.1. The standard InChI is InChI=1S/C25H22N4O3S/c1-17-19(13-15-32-17)22-26-27-25(29(22)18-9-3-2-4-10-18)33-16-8-7-14-28-23(30)20-11-5-6-12-21(20)24(28)31/h2-6,9-13,15H,7-8,14,16H2,1H3. The highest BCUT2D eigenvalue weighted by Gasteiger charge is 2.34. The molecule has 0 fully saturated rings. The lowest BCUT2D eigenvalue weighted by Gasteiger charge is -2.13. The number of hydrogen-bond donors (Lipinski definition) is 0. The molecule has 7 nitrogen and oxygen atoms in total. The fourth-order valence-corrected chi connectivity index (χ4v) is 4.89. The topological polar surface area (TPSA) is 81.2 Å². The highest BCUT2D eigenvalue weighted by Crippen LogP contribution is 2.30. The van der Waals surface area contributed by atoms with Crippen LogP contribution in [0, 0.1) is 6.92 Å². The summed E-state index contributed by atoms with van der Waals surface area (Å²) < 4.78 is 7.51. The Balaban J connectivity index is 1.25. The minimum absolute atomic E-state index is 0.202. The van der Waals surface area contributed by atoms with E-state index in [1.54, 1.807) is 42.3 Å². The van der Waals surface area contributed by atoms with Crippen molar-refractivity contribution in [3.63, 3.8) is 0 Å². The van der Waals surface area contributed by atoms with Gasteiger partial charge in [-0.1, -0.05) is 42.1 Å². The van der Waals surface area contributed by atoms with Gasteiger partial charge in [-0.05, 0) is 50.1 Å². The van der Waals surface area contributed by atoms with Gasteiger partial charge in [-0.25, -0.2) is 0 Å². The maximum absolute atomic E-state index is 12.5. The van der Waals surface area contributed by atoms with Crippen molar-refractivity contribution in [3.05, 3.63) is 83.8 Å². The van der Waals surface area contributed by atoms with E-state index in [0.29, 0.717) is 17.7 Å². The van der Waals surface area contributed by atoms with Gasteiger partial charge in [0.05, 0.1) is 23.0 Å². The lowest BCUT2D eigenvalue weighted by atomic mass is 10.1. The maximum Gasteiger partial charge on any atom is 0.261 e. The summed E-state index contributed by atoms with van der Waals surface area (Å²) >= 11 is 1.61. The number of aromatic nitrogens is 3. The van der Waals surface area contributed by atoms with Gasteiger partial charge in [-0.2, -0.15) is 0 Å². The van der Waals surface area contributed by atoms with E-state index in [2.05, 4.69) is 10.2 Å². The van der Waals surface area contributed by atoms with E-state index in [4.69, 9.17) is 4.42 Å². The van der Waals surface area contributed by atoms with Gasteiger partial charge in [0.2, 0.25) is 0 Å². The van der Waals surface area contributed by atoms with Gasteiger partial charge in [0.15, 0.2) is 11.0 Å². The van der Waals surface area contributed by atoms with Crippen LogP contribution in [0.2, 0.25) is 0 Å². The normalized spacial score (nSPS) is 13.1. The Kier molecular flexibility index (Phi) is 5.83. The number of imide groups is 1. The minimum atomic E-state index is -0.202. The van der Waals surface area contributed by atoms with E-state index in [9.17, 15) is 9.59 Å². The summed E-state index contributed by atoms with van der Waals surface area (Å²) in [5, 5.41) is 9.66. The molecule has 0 atom stereocenters. The molecule has 8 heteroatoms. The smallest absolute Gasteiger partial charge is 0.261 e. The minimum Gasteiger partial charge on any atom is -0.469 e. The van der Waals surface area contributed by atoms with Crippen LogP contribution in [0.15, 0.2) is 76.5 Å². The molecular weight excluding hydrogens is 436 g/mol. The van der Waals surface area contributed by atoms with Crippen molar-refractivity contribution in [2.45, 2.75) is 24.9 Å². The predicted molar refractivity (Wildman–Crippen MR) is 126 cm³/mol. The van der Waals surface area contributed by atoms with E-state index in [-0.39, 0.29) is 11.8 Å². The highest BCUT2D eigenvalue weighted by molar-refractivity contribution is 7.99. The quantitative estimate of drug-likeness (QED) is 0.210. The zero-order valence-electron chi connectivity index (χ0n) is 18.1. The lowest BCUT2D eigenvalue weighted by molar-refractivity contribution is 0.0652. The third kappa shape index (κ3) is 3.98. The molecule has 2 aromatic heterocycles. The number of thioether (sulfide) groups is 1. The Bertz CT molecular complexity index is 1280. The summed E-state index contributed by atoms with van der Waals surface area (Å²) in [6, 6.07) is 18.9. The van der Waals surface area contributed by atoms with E-state index < -0.39 is 0 Å². The monoisotopic (exact) mass is 458 g/mol. The molecule has 33 heavy (non-hydrogen) atoms. The number of hydrogen-bond acceptors (Lipinski definition) is 6. The Morgan fingerprint density at radius 2 is 1.55 bits per heavy atom. The molecular formula is C25H22N4O3S. The number of fused-ring (bicyclic) bond motifs is 1. The second-order valence-corrected chi connectivity index (χ2v) is 8.79. The fourth-order valence-electron chi connectivity index (χ4n) is 3.94. The molecule has 0 radical (unpaired) electrons. The molecule has 0 saturated heterocycles. The van der Waals surface area contributed by atoms with Crippen LogP contribution in [0.1, 0.15) is 39.3 Å². The van der Waals surface area contributed by atoms with Crippen molar-refractivity contribution in [2.24, 2.45) is 0 Å². The van der Waals surface area contributed by atoms with Crippen molar-refractivity contribution in [2.75, 3.05) is 12.3 Å². The van der Waals surface area contributed by atoms with E-state index in [1.165, 1.54) is 4.90 Å². The van der Waals surface area contributed by atoms with Crippen LogP contribution in [-0.2, 0) is 0 Å². The Hall–Kier alpha value is -3.65. The van der Waals surface area contributed by atoms with Crippen LogP contribution >= 0.6 is 11.8 Å². The van der Waals surface area contributed by atoms with Crippen molar-refractivity contribution in [1.29, 1.82) is 0 Å². The molecule has 0 spiro atoms. The van der Waals surface area contributed by atoms with E-state index >= 15 is 0 Å². The average molecular weight is 459 g/mol. The first kappa shape index (κ1) is 21.2. The first-order valence-electron chi connectivity index (χ1n) is 10.8. The number of carbonyl (C=O) groups excluding carboxylic acids is 2. The molecule has 0 unspecified atom stereocenters. The van der Waals surface area contributed by atoms with Crippen molar-refractivity contribution in [1.82, 2.24) is 19.7 Å². The molecule has 2 amide bonds. The Morgan fingerprint density at radius 3 is 2.21 bits per heavy atom. The molecule has 5 rings (SSSR count). The lowest BCUT2D eigenvalue weighted by Crippen LogP contribution is -2.30. The largest absolute Gasteiger partial charge is 0.469 e. The van der Waals surface area contributed by atoms with E-state index in [0.717, 1.165) is 46.6 Å². The number of furan rings is 1. The van der Waals surface area contributed by atoms with Crippen LogP contribution in [0.3, 0.4) is 0 Å². The van der Waals surface area contributed by atoms with Gasteiger partial charge < -0.3 is 4.42 Å². The average Bonchev–Trinajstić information content (AvgIpc) is 3.52. The predicted octanol–water partition coefficient (Wildman–Crippen LogP) is 5.00. The van der Waals surface area contributed by atoms with E-state index in [1.807, 2.05) is 47.9 Å². The SMILES string of the molecule is Cc1occc1-c1nnc(SCCCCN2C(=O)c3ccccc3C2=O)n1-c1ccccc1. The second-order valence-electron chi connectivity index (χ2n) is 7.73.